The number of benzene rings is 1. The van der Waals surface area contributed by atoms with Crippen molar-refractivity contribution in [2.24, 2.45) is 0 Å². The van der Waals surface area contributed by atoms with E-state index in [1.807, 2.05) is 47.4 Å². The predicted molar refractivity (Wildman–Crippen MR) is 94.8 cm³/mol. The molecule has 5 nitrogen and oxygen atoms in total. The van der Waals surface area contributed by atoms with Crippen molar-refractivity contribution >= 4 is 5.91 Å². The fourth-order valence-corrected chi connectivity index (χ4v) is 3.33. The van der Waals surface area contributed by atoms with Gasteiger partial charge in [0.25, 0.3) is 5.91 Å². The SMILES string of the molecule is C[C@@H]1CN(C[C@@H](C)O)CCN1C(=O)c1ccc(-c2ccccc2)[nH]1. The number of amides is 1. The summed E-state index contributed by atoms with van der Waals surface area (Å²) in [5.74, 6) is 0.0429. The molecule has 5 heteroatoms. The van der Waals surface area contributed by atoms with Crippen LogP contribution in [0.2, 0.25) is 0 Å². The minimum absolute atomic E-state index is 0.0429. The Kier molecular flexibility index (Phi) is 5.02. The van der Waals surface area contributed by atoms with Crippen LogP contribution < -0.4 is 0 Å². The normalized spacial score (nSPS) is 20.1. The van der Waals surface area contributed by atoms with Crippen LogP contribution >= 0.6 is 0 Å². The third-order valence-electron chi connectivity index (χ3n) is 4.50. The number of nitrogens with zero attached hydrogens (tertiary/aromatic N) is 2. The number of H-pyrrole nitrogens is 1. The van der Waals surface area contributed by atoms with E-state index in [-0.39, 0.29) is 18.1 Å². The van der Waals surface area contributed by atoms with Crippen molar-refractivity contribution in [2.45, 2.75) is 26.0 Å². The fourth-order valence-electron chi connectivity index (χ4n) is 3.33. The molecular formula is C19H25N3O2. The summed E-state index contributed by atoms with van der Waals surface area (Å²) in [6.07, 6.45) is -0.337. The summed E-state index contributed by atoms with van der Waals surface area (Å²) in [6, 6.07) is 14.0. The zero-order valence-electron chi connectivity index (χ0n) is 14.3. The number of carbonyl (C=O) groups is 1. The maximum atomic E-state index is 12.8. The molecule has 128 valence electrons. The molecule has 1 saturated heterocycles. The van der Waals surface area contributed by atoms with Crippen LogP contribution in [0.1, 0.15) is 24.3 Å². The van der Waals surface area contributed by atoms with Gasteiger partial charge in [0.05, 0.1) is 6.10 Å². The maximum Gasteiger partial charge on any atom is 0.270 e. The van der Waals surface area contributed by atoms with Gasteiger partial charge in [0, 0.05) is 37.9 Å². The Balaban J connectivity index is 1.68. The molecule has 1 fully saturated rings. The van der Waals surface area contributed by atoms with E-state index in [9.17, 15) is 9.90 Å². The van der Waals surface area contributed by atoms with E-state index in [1.165, 1.54) is 0 Å². The molecule has 1 aromatic carbocycles. The molecule has 2 heterocycles. The van der Waals surface area contributed by atoms with E-state index < -0.39 is 0 Å². The van der Waals surface area contributed by atoms with Gasteiger partial charge in [-0.3, -0.25) is 9.69 Å². The van der Waals surface area contributed by atoms with Gasteiger partial charge in [0.1, 0.15) is 5.69 Å². The number of aliphatic hydroxyl groups is 1. The molecule has 0 saturated carbocycles. The number of aromatic nitrogens is 1. The maximum absolute atomic E-state index is 12.8. The molecular weight excluding hydrogens is 302 g/mol. The van der Waals surface area contributed by atoms with Gasteiger partial charge < -0.3 is 15.0 Å². The summed E-state index contributed by atoms with van der Waals surface area (Å²) in [4.78, 5) is 20.2. The van der Waals surface area contributed by atoms with Crippen molar-refractivity contribution in [1.29, 1.82) is 0 Å². The van der Waals surface area contributed by atoms with Crippen LogP contribution in [-0.4, -0.2) is 64.1 Å². The Morgan fingerprint density at radius 1 is 1.25 bits per heavy atom. The van der Waals surface area contributed by atoms with E-state index in [0.717, 1.165) is 24.3 Å². The Morgan fingerprint density at radius 3 is 2.67 bits per heavy atom. The lowest BCUT2D eigenvalue weighted by molar-refractivity contribution is 0.0379. The van der Waals surface area contributed by atoms with Crippen molar-refractivity contribution in [2.75, 3.05) is 26.2 Å². The number of β-amino-alcohol motifs (C(OH)–C–C–N with tert-alkyl or cyclic N) is 1. The molecule has 24 heavy (non-hydrogen) atoms. The van der Waals surface area contributed by atoms with Crippen LogP contribution in [0, 0.1) is 0 Å². The van der Waals surface area contributed by atoms with Gasteiger partial charge in [-0.2, -0.15) is 0 Å². The van der Waals surface area contributed by atoms with Crippen molar-refractivity contribution in [3.05, 3.63) is 48.2 Å². The second-order valence-corrected chi connectivity index (χ2v) is 6.61. The zero-order valence-corrected chi connectivity index (χ0v) is 14.3. The largest absolute Gasteiger partial charge is 0.392 e. The first-order chi connectivity index (χ1) is 11.5. The number of aliphatic hydroxyl groups excluding tert-OH is 1. The molecule has 2 atom stereocenters. The minimum Gasteiger partial charge on any atom is -0.392 e. The first kappa shape index (κ1) is 16.7. The number of hydrogen-bond donors (Lipinski definition) is 2. The second kappa shape index (κ2) is 7.20. The average molecular weight is 327 g/mol. The van der Waals surface area contributed by atoms with Crippen LogP contribution in [0.15, 0.2) is 42.5 Å². The van der Waals surface area contributed by atoms with Crippen molar-refractivity contribution < 1.29 is 9.90 Å². The lowest BCUT2D eigenvalue weighted by Crippen LogP contribution is -2.55. The summed E-state index contributed by atoms with van der Waals surface area (Å²) in [5.41, 5.74) is 2.66. The number of nitrogens with one attached hydrogen (secondary N) is 1. The van der Waals surface area contributed by atoms with Crippen LogP contribution in [0.25, 0.3) is 11.3 Å². The zero-order chi connectivity index (χ0) is 17.1. The van der Waals surface area contributed by atoms with E-state index in [4.69, 9.17) is 0 Å². The smallest absolute Gasteiger partial charge is 0.270 e. The molecule has 0 spiro atoms. The molecule has 1 amide bonds. The molecule has 1 aliphatic rings. The lowest BCUT2D eigenvalue weighted by Gasteiger charge is -2.40. The molecule has 2 N–H and O–H groups in total. The van der Waals surface area contributed by atoms with Crippen molar-refractivity contribution in [3.8, 4) is 11.3 Å². The van der Waals surface area contributed by atoms with E-state index >= 15 is 0 Å². The standard InChI is InChI=1S/C19H25N3O2/c1-14-12-21(13-15(2)23)10-11-22(14)19(24)18-9-8-17(20-18)16-6-4-3-5-7-16/h3-9,14-15,20,23H,10-13H2,1-2H3/t14-,15-/m1/s1. The van der Waals surface area contributed by atoms with Crippen molar-refractivity contribution in [3.63, 3.8) is 0 Å². The summed E-state index contributed by atoms with van der Waals surface area (Å²) in [6.45, 7) is 6.80. The highest BCUT2D eigenvalue weighted by atomic mass is 16.3. The lowest BCUT2D eigenvalue weighted by atomic mass is 10.1. The first-order valence-corrected chi connectivity index (χ1v) is 8.50. The van der Waals surface area contributed by atoms with Gasteiger partial charge in [-0.25, -0.2) is 0 Å². The summed E-state index contributed by atoms with van der Waals surface area (Å²) in [7, 11) is 0. The van der Waals surface area contributed by atoms with Gasteiger partial charge in [0.15, 0.2) is 0 Å². The molecule has 0 unspecified atom stereocenters. The second-order valence-electron chi connectivity index (χ2n) is 6.61. The van der Waals surface area contributed by atoms with Crippen LogP contribution in [0.4, 0.5) is 0 Å². The molecule has 3 rings (SSSR count). The Bertz CT molecular complexity index is 681. The number of piperazine rings is 1. The monoisotopic (exact) mass is 327 g/mol. The van der Waals surface area contributed by atoms with E-state index in [0.29, 0.717) is 18.8 Å². The van der Waals surface area contributed by atoms with Crippen LogP contribution in [0.5, 0.6) is 0 Å². The predicted octanol–water partition coefficient (Wildman–Crippen LogP) is 2.21. The average Bonchev–Trinajstić information content (AvgIpc) is 3.05. The van der Waals surface area contributed by atoms with Gasteiger partial charge >= 0.3 is 0 Å². The highest BCUT2D eigenvalue weighted by molar-refractivity contribution is 5.93. The van der Waals surface area contributed by atoms with Gasteiger partial charge in [-0.05, 0) is 31.5 Å². The Hall–Kier alpha value is -2.11. The summed E-state index contributed by atoms with van der Waals surface area (Å²) >= 11 is 0. The fraction of sp³-hybridized carbons (Fsp3) is 0.421. The molecule has 0 radical (unpaired) electrons. The number of hydrogen-bond acceptors (Lipinski definition) is 3. The topological polar surface area (TPSA) is 59.6 Å². The number of rotatable bonds is 4. The Morgan fingerprint density at radius 2 is 2.00 bits per heavy atom. The molecule has 1 aromatic heterocycles. The van der Waals surface area contributed by atoms with Gasteiger partial charge in [0.2, 0.25) is 0 Å². The van der Waals surface area contributed by atoms with Gasteiger partial charge in [-0.15, -0.1) is 0 Å². The Labute approximate surface area is 142 Å². The summed E-state index contributed by atoms with van der Waals surface area (Å²) < 4.78 is 0. The highest BCUT2D eigenvalue weighted by Crippen LogP contribution is 2.20. The quantitative estimate of drug-likeness (QED) is 0.905. The minimum atomic E-state index is -0.337. The van der Waals surface area contributed by atoms with E-state index in [1.54, 1.807) is 6.92 Å². The first-order valence-electron chi connectivity index (χ1n) is 8.50. The molecule has 0 aliphatic carbocycles. The van der Waals surface area contributed by atoms with Crippen molar-refractivity contribution in [1.82, 2.24) is 14.8 Å². The number of carbonyl (C=O) groups excluding carboxylic acids is 1. The van der Waals surface area contributed by atoms with Gasteiger partial charge in [-0.1, -0.05) is 30.3 Å². The summed E-state index contributed by atoms with van der Waals surface area (Å²) in [5, 5.41) is 9.53. The molecule has 1 aliphatic heterocycles. The third-order valence-corrected chi connectivity index (χ3v) is 4.50. The molecule has 0 bridgehead atoms. The number of aromatic amines is 1. The van der Waals surface area contributed by atoms with Crippen LogP contribution in [0.3, 0.4) is 0 Å². The highest BCUT2D eigenvalue weighted by Gasteiger charge is 2.29. The van der Waals surface area contributed by atoms with Crippen LogP contribution in [-0.2, 0) is 0 Å². The molecule has 2 aromatic rings. The van der Waals surface area contributed by atoms with E-state index in [2.05, 4.69) is 16.8 Å². The third kappa shape index (κ3) is 3.68.